The molecule has 0 aliphatic carbocycles. The summed E-state index contributed by atoms with van der Waals surface area (Å²) in [7, 11) is 0. The molecule has 2 aromatic rings. The average molecular weight is 337 g/mol. The molecule has 0 aromatic heterocycles. The van der Waals surface area contributed by atoms with E-state index in [0.717, 1.165) is 29.7 Å². The number of hydrogen-bond donors (Lipinski definition) is 2. The number of hydrogen-bond acceptors (Lipinski definition) is 3. The Morgan fingerprint density at radius 1 is 1.16 bits per heavy atom. The summed E-state index contributed by atoms with van der Waals surface area (Å²) in [6, 6.07) is 13.5. The normalized spacial score (nSPS) is 10.9. The number of anilines is 2. The SMILES string of the molecule is CCc1cccc(CC)c1NC(=O)/C(C#N)=C\Nc1cccc(F)c1. The summed E-state index contributed by atoms with van der Waals surface area (Å²) >= 11 is 0. The Hall–Kier alpha value is -3.13. The molecule has 0 aliphatic heterocycles. The monoisotopic (exact) mass is 337 g/mol. The van der Waals surface area contributed by atoms with Gasteiger partial charge in [0.15, 0.2) is 0 Å². The number of carbonyl (C=O) groups excluding carboxylic acids is 1. The predicted octanol–water partition coefficient (Wildman–Crippen LogP) is 4.41. The molecule has 0 fully saturated rings. The van der Waals surface area contributed by atoms with E-state index in [1.165, 1.54) is 18.3 Å². The standard InChI is InChI=1S/C20H20FN3O/c1-3-14-7-5-8-15(4-2)19(14)24-20(25)16(12-22)13-23-18-10-6-9-17(21)11-18/h5-11,13,23H,3-4H2,1-2H3,(H,24,25)/b16-13-. The lowest BCUT2D eigenvalue weighted by atomic mass is 10.0. The van der Waals surface area contributed by atoms with Gasteiger partial charge < -0.3 is 10.6 Å². The number of rotatable bonds is 6. The lowest BCUT2D eigenvalue weighted by molar-refractivity contribution is -0.112. The van der Waals surface area contributed by atoms with Crippen LogP contribution in [0.2, 0.25) is 0 Å². The van der Waals surface area contributed by atoms with Crippen LogP contribution in [0, 0.1) is 17.1 Å². The van der Waals surface area contributed by atoms with Crippen LogP contribution in [0.4, 0.5) is 15.8 Å². The Labute approximate surface area is 147 Å². The van der Waals surface area contributed by atoms with Crippen LogP contribution in [0.15, 0.2) is 54.2 Å². The van der Waals surface area contributed by atoms with E-state index in [9.17, 15) is 14.4 Å². The third-order valence-corrected chi connectivity index (χ3v) is 3.81. The molecule has 0 bridgehead atoms. The second-order valence-corrected chi connectivity index (χ2v) is 5.44. The highest BCUT2D eigenvalue weighted by Crippen LogP contribution is 2.23. The first-order chi connectivity index (χ1) is 12.1. The molecule has 0 heterocycles. The molecular weight excluding hydrogens is 317 g/mol. The van der Waals surface area contributed by atoms with Crippen molar-refractivity contribution in [3.05, 3.63) is 71.2 Å². The van der Waals surface area contributed by atoms with Crippen molar-refractivity contribution >= 4 is 17.3 Å². The fourth-order valence-corrected chi connectivity index (χ4v) is 2.47. The number of nitrogens with zero attached hydrogens (tertiary/aromatic N) is 1. The lowest BCUT2D eigenvalue weighted by Gasteiger charge is -2.14. The van der Waals surface area contributed by atoms with E-state index < -0.39 is 11.7 Å². The van der Waals surface area contributed by atoms with Gasteiger partial charge >= 0.3 is 0 Å². The van der Waals surface area contributed by atoms with Gasteiger partial charge in [-0.1, -0.05) is 38.1 Å². The summed E-state index contributed by atoms with van der Waals surface area (Å²) in [6.45, 7) is 4.02. The zero-order valence-corrected chi connectivity index (χ0v) is 14.3. The minimum atomic E-state index is -0.498. The van der Waals surface area contributed by atoms with E-state index in [1.54, 1.807) is 12.1 Å². The van der Waals surface area contributed by atoms with Crippen molar-refractivity contribution in [3.63, 3.8) is 0 Å². The predicted molar refractivity (Wildman–Crippen MR) is 97.5 cm³/mol. The molecule has 0 spiro atoms. The quantitative estimate of drug-likeness (QED) is 0.606. The molecule has 2 N–H and O–H groups in total. The highest BCUT2D eigenvalue weighted by atomic mass is 19.1. The number of amides is 1. The summed E-state index contributed by atoms with van der Waals surface area (Å²) in [6.07, 6.45) is 2.83. The van der Waals surface area contributed by atoms with Crippen molar-refractivity contribution in [2.75, 3.05) is 10.6 Å². The number of aryl methyl sites for hydroxylation is 2. The first-order valence-corrected chi connectivity index (χ1v) is 8.13. The number of nitrogens with one attached hydrogen (secondary N) is 2. The lowest BCUT2D eigenvalue weighted by Crippen LogP contribution is -2.17. The number of carbonyl (C=O) groups is 1. The van der Waals surface area contributed by atoms with E-state index in [2.05, 4.69) is 10.6 Å². The Kier molecular flexibility index (Phi) is 6.30. The van der Waals surface area contributed by atoms with E-state index >= 15 is 0 Å². The van der Waals surface area contributed by atoms with Crippen molar-refractivity contribution in [2.24, 2.45) is 0 Å². The van der Waals surface area contributed by atoms with Crippen LogP contribution < -0.4 is 10.6 Å². The third kappa shape index (κ3) is 4.67. The Morgan fingerprint density at radius 2 is 1.80 bits per heavy atom. The molecule has 0 aliphatic rings. The summed E-state index contributed by atoms with van der Waals surface area (Å²) in [5.74, 6) is -0.896. The number of nitriles is 1. The molecule has 1 amide bonds. The molecule has 25 heavy (non-hydrogen) atoms. The van der Waals surface area contributed by atoms with Gasteiger partial charge in [0.25, 0.3) is 5.91 Å². The molecule has 0 saturated carbocycles. The number of para-hydroxylation sites is 1. The fraction of sp³-hybridized carbons (Fsp3) is 0.200. The van der Waals surface area contributed by atoms with Gasteiger partial charge in [-0.2, -0.15) is 5.26 Å². The van der Waals surface area contributed by atoms with Gasteiger partial charge in [0, 0.05) is 17.6 Å². The van der Waals surface area contributed by atoms with Crippen molar-refractivity contribution in [2.45, 2.75) is 26.7 Å². The highest BCUT2D eigenvalue weighted by Gasteiger charge is 2.13. The van der Waals surface area contributed by atoms with Crippen LogP contribution in [0.25, 0.3) is 0 Å². The maximum Gasteiger partial charge on any atom is 0.267 e. The molecule has 2 aromatic carbocycles. The van der Waals surface area contributed by atoms with Crippen LogP contribution >= 0.6 is 0 Å². The largest absolute Gasteiger partial charge is 0.360 e. The molecule has 5 heteroatoms. The van der Waals surface area contributed by atoms with Gasteiger partial charge in [0.05, 0.1) is 0 Å². The van der Waals surface area contributed by atoms with Crippen molar-refractivity contribution in [1.82, 2.24) is 0 Å². The Morgan fingerprint density at radius 3 is 2.36 bits per heavy atom. The minimum Gasteiger partial charge on any atom is -0.360 e. The van der Waals surface area contributed by atoms with E-state index in [1.807, 2.05) is 38.1 Å². The molecule has 0 saturated heterocycles. The topological polar surface area (TPSA) is 64.9 Å². The Balaban J connectivity index is 2.21. The van der Waals surface area contributed by atoms with Gasteiger partial charge in [-0.05, 0) is 42.2 Å². The van der Waals surface area contributed by atoms with Crippen LogP contribution in [0.3, 0.4) is 0 Å². The molecule has 2 rings (SSSR count). The first kappa shape index (κ1) is 18.2. The van der Waals surface area contributed by atoms with Crippen LogP contribution in [0.1, 0.15) is 25.0 Å². The second kappa shape index (κ2) is 8.65. The van der Waals surface area contributed by atoms with E-state index in [-0.39, 0.29) is 5.57 Å². The average Bonchev–Trinajstić information content (AvgIpc) is 2.62. The maximum absolute atomic E-state index is 13.2. The summed E-state index contributed by atoms with van der Waals surface area (Å²) in [4.78, 5) is 12.5. The number of halogens is 1. The highest BCUT2D eigenvalue weighted by molar-refractivity contribution is 6.07. The zero-order valence-electron chi connectivity index (χ0n) is 14.3. The smallest absolute Gasteiger partial charge is 0.267 e. The molecule has 0 unspecified atom stereocenters. The molecular formula is C20H20FN3O. The molecule has 0 atom stereocenters. The van der Waals surface area contributed by atoms with Crippen LogP contribution in [-0.2, 0) is 17.6 Å². The zero-order chi connectivity index (χ0) is 18.2. The van der Waals surface area contributed by atoms with Gasteiger partial charge in [-0.25, -0.2) is 4.39 Å². The third-order valence-electron chi connectivity index (χ3n) is 3.81. The summed E-state index contributed by atoms with van der Waals surface area (Å²) in [5, 5.41) is 14.9. The Bertz CT molecular complexity index is 815. The van der Waals surface area contributed by atoms with Gasteiger partial charge in [0.2, 0.25) is 0 Å². The van der Waals surface area contributed by atoms with Gasteiger partial charge in [-0.3, -0.25) is 4.79 Å². The minimum absolute atomic E-state index is 0.0859. The maximum atomic E-state index is 13.2. The number of benzene rings is 2. The first-order valence-electron chi connectivity index (χ1n) is 8.13. The second-order valence-electron chi connectivity index (χ2n) is 5.44. The van der Waals surface area contributed by atoms with E-state index in [4.69, 9.17) is 0 Å². The van der Waals surface area contributed by atoms with Crippen molar-refractivity contribution in [1.29, 1.82) is 5.26 Å². The van der Waals surface area contributed by atoms with E-state index in [0.29, 0.717) is 5.69 Å². The molecule has 4 nitrogen and oxygen atoms in total. The molecule has 128 valence electrons. The fourth-order valence-electron chi connectivity index (χ4n) is 2.47. The summed E-state index contributed by atoms with van der Waals surface area (Å²) < 4.78 is 13.2. The molecule has 0 radical (unpaired) electrons. The summed E-state index contributed by atoms with van der Waals surface area (Å²) in [5.41, 5.74) is 3.16. The van der Waals surface area contributed by atoms with Crippen molar-refractivity contribution in [3.8, 4) is 6.07 Å². The van der Waals surface area contributed by atoms with Crippen LogP contribution in [0.5, 0.6) is 0 Å². The van der Waals surface area contributed by atoms with Crippen molar-refractivity contribution < 1.29 is 9.18 Å². The van der Waals surface area contributed by atoms with Gasteiger partial charge in [-0.15, -0.1) is 0 Å². The van der Waals surface area contributed by atoms with Crippen LogP contribution in [-0.4, -0.2) is 5.91 Å². The van der Waals surface area contributed by atoms with Gasteiger partial charge in [0.1, 0.15) is 17.5 Å².